The molecule has 7 heteroatoms. The number of rotatable bonds is 6. The maximum atomic E-state index is 12.4. The monoisotopic (exact) mass is 395 g/mol. The Hall–Kier alpha value is -2.08. The van der Waals surface area contributed by atoms with Gasteiger partial charge in [-0.3, -0.25) is 9.59 Å². The van der Waals surface area contributed by atoms with Crippen molar-refractivity contribution in [1.29, 1.82) is 0 Å². The van der Waals surface area contributed by atoms with Gasteiger partial charge in [-0.25, -0.2) is 0 Å². The lowest BCUT2D eigenvalue weighted by Gasteiger charge is -2.19. The Labute approximate surface area is 164 Å². The van der Waals surface area contributed by atoms with Gasteiger partial charge in [-0.2, -0.15) is 0 Å². The van der Waals surface area contributed by atoms with Gasteiger partial charge in [0, 0.05) is 18.8 Å². The molecule has 0 aliphatic heterocycles. The number of carbonyl (C=O) groups excluding carboxylic acids is 2. The summed E-state index contributed by atoms with van der Waals surface area (Å²) < 4.78 is 0. The largest absolute Gasteiger partial charge is 0.339 e. The maximum Gasteiger partial charge on any atom is 0.255 e. The number of amides is 2. The highest BCUT2D eigenvalue weighted by molar-refractivity contribution is 6.34. The average molecular weight is 396 g/mol. The van der Waals surface area contributed by atoms with Crippen LogP contribution in [0.25, 0.3) is 0 Å². The van der Waals surface area contributed by atoms with Gasteiger partial charge in [0.2, 0.25) is 5.91 Å². The van der Waals surface area contributed by atoms with Crippen LogP contribution in [0.5, 0.6) is 0 Å². The molecule has 3 N–H and O–H groups in total. The molecule has 0 aromatic heterocycles. The minimum Gasteiger partial charge on any atom is -0.339 e. The highest BCUT2D eigenvalue weighted by Gasteiger charge is 2.18. The Kier molecular flexibility index (Phi) is 8.58. The molecule has 1 atom stereocenters. The summed E-state index contributed by atoms with van der Waals surface area (Å²) in [5.41, 5.74) is 7.60. The molecule has 0 aliphatic rings. The molecule has 0 spiro atoms. The van der Waals surface area contributed by atoms with Gasteiger partial charge in [0.25, 0.3) is 5.91 Å². The molecule has 2 aromatic rings. The summed E-state index contributed by atoms with van der Waals surface area (Å²) >= 11 is 6.23. The van der Waals surface area contributed by atoms with Crippen LogP contribution < -0.4 is 11.1 Å². The van der Waals surface area contributed by atoms with E-state index in [1.165, 1.54) is 0 Å². The lowest BCUT2D eigenvalue weighted by Crippen LogP contribution is -2.30. The van der Waals surface area contributed by atoms with E-state index in [0.717, 1.165) is 5.56 Å². The number of anilines is 1. The third kappa shape index (κ3) is 5.21. The molecule has 0 radical (unpaired) electrons. The minimum absolute atomic E-state index is 0. The Morgan fingerprint density at radius 3 is 2.27 bits per heavy atom. The van der Waals surface area contributed by atoms with Crippen LogP contribution in [0.4, 0.5) is 5.69 Å². The summed E-state index contributed by atoms with van der Waals surface area (Å²) in [5.74, 6) is -0.473. The fraction of sp³-hybridized carbons (Fsp3) is 0.263. The van der Waals surface area contributed by atoms with Crippen LogP contribution in [-0.4, -0.2) is 29.8 Å². The van der Waals surface area contributed by atoms with E-state index in [-0.39, 0.29) is 24.2 Å². The van der Waals surface area contributed by atoms with Crippen molar-refractivity contribution in [2.24, 2.45) is 5.73 Å². The van der Waals surface area contributed by atoms with Crippen molar-refractivity contribution in [2.75, 3.05) is 18.4 Å². The van der Waals surface area contributed by atoms with E-state index >= 15 is 0 Å². The SMILES string of the molecule is CCN(CC)C(=O)c1ccc(NC(=O)C(N)c2ccccc2)cc1Cl.Cl. The number of nitrogens with two attached hydrogens (primary N) is 1. The lowest BCUT2D eigenvalue weighted by atomic mass is 10.1. The molecule has 0 bridgehead atoms. The Morgan fingerprint density at radius 1 is 1.12 bits per heavy atom. The number of hydrogen-bond donors (Lipinski definition) is 2. The van der Waals surface area contributed by atoms with Gasteiger partial charge in [0.15, 0.2) is 0 Å². The number of halogens is 2. The summed E-state index contributed by atoms with van der Waals surface area (Å²) in [6, 6.07) is 13.2. The molecule has 0 saturated heterocycles. The molecule has 0 fully saturated rings. The van der Waals surface area contributed by atoms with Gasteiger partial charge in [0.1, 0.15) is 6.04 Å². The van der Waals surface area contributed by atoms with Crippen LogP contribution in [0, 0.1) is 0 Å². The number of hydrogen-bond acceptors (Lipinski definition) is 3. The molecule has 5 nitrogen and oxygen atoms in total. The third-order valence-electron chi connectivity index (χ3n) is 3.96. The summed E-state index contributed by atoms with van der Waals surface area (Å²) in [5, 5.41) is 3.03. The fourth-order valence-corrected chi connectivity index (χ4v) is 2.74. The lowest BCUT2D eigenvalue weighted by molar-refractivity contribution is -0.117. The van der Waals surface area contributed by atoms with Crippen LogP contribution in [0.3, 0.4) is 0 Å². The van der Waals surface area contributed by atoms with Crippen molar-refractivity contribution >= 4 is 41.5 Å². The average Bonchev–Trinajstić information content (AvgIpc) is 2.62. The van der Waals surface area contributed by atoms with Crippen molar-refractivity contribution < 1.29 is 9.59 Å². The van der Waals surface area contributed by atoms with Gasteiger partial charge in [-0.15, -0.1) is 12.4 Å². The molecule has 2 aromatic carbocycles. The first-order chi connectivity index (χ1) is 12.0. The first-order valence-electron chi connectivity index (χ1n) is 8.18. The van der Waals surface area contributed by atoms with Crippen LogP contribution in [0.1, 0.15) is 35.8 Å². The highest BCUT2D eigenvalue weighted by Crippen LogP contribution is 2.23. The second kappa shape index (κ2) is 10.2. The molecular formula is C19H23Cl2N3O2. The fourth-order valence-electron chi connectivity index (χ4n) is 2.48. The van der Waals surface area contributed by atoms with Gasteiger partial charge >= 0.3 is 0 Å². The normalized spacial score (nSPS) is 11.2. The zero-order chi connectivity index (χ0) is 18.4. The summed E-state index contributed by atoms with van der Waals surface area (Å²) in [6.07, 6.45) is 0. The number of nitrogens with zero attached hydrogens (tertiary/aromatic N) is 1. The first-order valence-corrected chi connectivity index (χ1v) is 8.55. The van der Waals surface area contributed by atoms with E-state index in [4.69, 9.17) is 17.3 Å². The molecule has 1 unspecified atom stereocenters. The van der Waals surface area contributed by atoms with E-state index in [9.17, 15) is 9.59 Å². The van der Waals surface area contributed by atoms with Crippen LogP contribution in [0.2, 0.25) is 5.02 Å². The molecule has 0 heterocycles. The van der Waals surface area contributed by atoms with E-state index in [1.54, 1.807) is 35.2 Å². The van der Waals surface area contributed by atoms with Gasteiger partial charge in [-0.05, 0) is 37.6 Å². The topological polar surface area (TPSA) is 75.4 Å². The third-order valence-corrected chi connectivity index (χ3v) is 4.27. The van der Waals surface area contributed by atoms with Crippen molar-refractivity contribution in [3.63, 3.8) is 0 Å². The second-order valence-corrected chi connectivity index (χ2v) is 5.96. The number of carbonyl (C=O) groups is 2. The van der Waals surface area contributed by atoms with Crippen molar-refractivity contribution in [3.8, 4) is 0 Å². The smallest absolute Gasteiger partial charge is 0.255 e. The summed E-state index contributed by atoms with van der Waals surface area (Å²) in [4.78, 5) is 26.4. The summed E-state index contributed by atoms with van der Waals surface area (Å²) in [7, 11) is 0. The molecule has 0 saturated carbocycles. The number of nitrogens with one attached hydrogen (secondary N) is 1. The van der Waals surface area contributed by atoms with E-state index in [1.807, 2.05) is 32.0 Å². The van der Waals surface area contributed by atoms with E-state index < -0.39 is 6.04 Å². The number of benzene rings is 2. The van der Waals surface area contributed by atoms with Crippen LogP contribution in [0.15, 0.2) is 48.5 Å². The zero-order valence-electron chi connectivity index (χ0n) is 14.7. The molecule has 0 aliphatic carbocycles. The Balaban J connectivity index is 0.00000338. The van der Waals surface area contributed by atoms with Crippen LogP contribution >= 0.6 is 24.0 Å². The highest BCUT2D eigenvalue weighted by atomic mass is 35.5. The predicted octanol–water partition coefficient (Wildman–Crippen LogP) is 3.88. The predicted molar refractivity (Wildman–Crippen MR) is 108 cm³/mol. The van der Waals surface area contributed by atoms with Crippen molar-refractivity contribution in [3.05, 3.63) is 64.7 Å². The van der Waals surface area contributed by atoms with Gasteiger partial charge in [-0.1, -0.05) is 41.9 Å². The standard InChI is InChI=1S/C19H22ClN3O2.ClH/c1-3-23(4-2)19(25)15-11-10-14(12-16(15)20)22-18(24)17(21)13-8-6-5-7-9-13;/h5-12,17H,3-4,21H2,1-2H3,(H,22,24);1H. The molecule has 2 amide bonds. The van der Waals surface area contributed by atoms with E-state index in [0.29, 0.717) is 29.4 Å². The van der Waals surface area contributed by atoms with Crippen LogP contribution in [-0.2, 0) is 4.79 Å². The molecule has 26 heavy (non-hydrogen) atoms. The minimum atomic E-state index is -0.781. The first kappa shape index (κ1) is 22.0. The molecule has 2 rings (SSSR count). The van der Waals surface area contributed by atoms with Gasteiger partial charge < -0.3 is 16.0 Å². The zero-order valence-corrected chi connectivity index (χ0v) is 16.3. The van der Waals surface area contributed by atoms with E-state index in [2.05, 4.69) is 5.32 Å². The van der Waals surface area contributed by atoms with Crippen molar-refractivity contribution in [1.82, 2.24) is 4.90 Å². The molecule has 140 valence electrons. The maximum absolute atomic E-state index is 12.4. The Morgan fingerprint density at radius 2 is 1.73 bits per heavy atom. The second-order valence-electron chi connectivity index (χ2n) is 5.55. The summed E-state index contributed by atoms with van der Waals surface area (Å²) in [6.45, 7) is 5.04. The molecular weight excluding hydrogens is 373 g/mol. The Bertz CT molecular complexity index is 750. The van der Waals surface area contributed by atoms with Crippen molar-refractivity contribution in [2.45, 2.75) is 19.9 Å². The van der Waals surface area contributed by atoms with Gasteiger partial charge in [0.05, 0.1) is 10.6 Å². The quantitative estimate of drug-likeness (QED) is 0.778.